The molecule has 0 bridgehead atoms. The fourth-order valence-corrected chi connectivity index (χ4v) is 1.38. The second-order valence-electron chi connectivity index (χ2n) is 2.93. The third kappa shape index (κ3) is 3.13. The molecule has 1 aromatic carbocycles. The van der Waals surface area contributed by atoms with Crippen molar-refractivity contribution >= 4 is 33.3 Å². The van der Waals surface area contributed by atoms with Crippen LogP contribution in [0.4, 0.5) is 10.1 Å². The van der Waals surface area contributed by atoms with Gasteiger partial charge in [-0.05, 0) is 18.2 Å². The molecule has 1 amide bonds. The molecule has 0 aliphatic rings. The summed E-state index contributed by atoms with van der Waals surface area (Å²) in [4.78, 5) is 21.9. The first-order valence-electron chi connectivity index (χ1n) is 4.21. The summed E-state index contributed by atoms with van der Waals surface area (Å²) in [6.07, 6.45) is 0. The zero-order valence-electron chi connectivity index (χ0n) is 8.01. The number of alkyl halides is 1. The molecule has 0 atom stereocenters. The molecule has 0 saturated carbocycles. The first-order chi connectivity index (χ1) is 7.04. The summed E-state index contributed by atoms with van der Waals surface area (Å²) < 4.78 is 13.3. The molecular weight excluding hydrogens is 265 g/mol. The average molecular weight is 274 g/mol. The Kier molecular flexibility index (Phi) is 3.96. The van der Waals surface area contributed by atoms with E-state index >= 15 is 0 Å². The zero-order chi connectivity index (χ0) is 11.4. The van der Waals surface area contributed by atoms with Gasteiger partial charge in [-0.25, -0.2) is 4.39 Å². The number of anilines is 1. The van der Waals surface area contributed by atoms with Crippen molar-refractivity contribution in [3.8, 4) is 0 Å². The second kappa shape index (κ2) is 5.02. The minimum absolute atomic E-state index is 0.0774. The van der Waals surface area contributed by atoms with Gasteiger partial charge in [0.1, 0.15) is 5.82 Å². The van der Waals surface area contributed by atoms with Gasteiger partial charge >= 0.3 is 0 Å². The second-order valence-corrected chi connectivity index (χ2v) is 3.49. The number of amides is 1. The lowest BCUT2D eigenvalue weighted by molar-refractivity contribution is -0.114. The lowest BCUT2D eigenvalue weighted by atomic mass is 10.1. The largest absolute Gasteiger partial charge is 0.324 e. The highest BCUT2D eigenvalue weighted by Gasteiger charge is 2.09. The number of nitrogens with one attached hydrogen (secondary N) is 1. The Bertz CT molecular complexity index is 406. The number of hydrogen-bond acceptors (Lipinski definition) is 2. The van der Waals surface area contributed by atoms with E-state index in [0.29, 0.717) is 0 Å². The molecule has 0 aliphatic carbocycles. The van der Waals surface area contributed by atoms with Gasteiger partial charge in [-0.1, -0.05) is 15.9 Å². The fraction of sp³-hybridized carbons (Fsp3) is 0.200. The number of Topliss-reactive ketones (excluding diaryl/α,β-unsaturated/α-hetero) is 1. The van der Waals surface area contributed by atoms with Crippen LogP contribution < -0.4 is 5.32 Å². The number of halogens is 2. The fourth-order valence-electron chi connectivity index (χ4n) is 1.06. The predicted molar refractivity (Wildman–Crippen MR) is 58.8 cm³/mol. The minimum atomic E-state index is -0.614. The van der Waals surface area contributed by atoms with Gasteiger partial charge in [-0.15, -0.1) is 0 Å². The smallest absolute Gasteiger partial charge is 0.221 e. The van der Waals surface area contributed by atoms with E-state index in [-0.39, 0.29) is 28.3 Å². The molecule has 5 heteroatoms. The Morgan fingerprint density at radius 2 is 2.13 bits per heavy atom. The van der Waals surface area contributed by atoms with Crippen molar-refractivity contribution in [2.75, 3.05) is 10.6 Å². The molecule has 0 unspecified atom stereocenters. The highest BCUT2D eigenvalue weighted by molar-refractivity contribution is 9.09. The Hall–Kier alpha value is -1.23. The van der Waals surface area contributed by atoms with Crippen molar-refractivity contribution in [2.45, 2.75) is 6.92 Å². The molecule has 1 N–H and O–H groups in total. The van der Waals surface area contributed by atoms with E-state index in [1.54, 1.807) is 0 Å². The van der Waals surface area contributed by atoms with Crippen LogP contribution in [0, 0.1) is 5.82 Å². The number of hydrogen-bond donors (Lipinski definition) is 1. The summed E-state index contributed by atoms with van der Waals surface area (Å²) in [6.45, 7) is 1.29. The van der Waals surface area contributed by atoms with Crippen LogP contribution in [0.5, 0.6) is 0 Å². The quantitative estimate of drug-likeness (QED) is 0.679. The molecule has 1 aromatic rings. The Balaban J connectivity index is 2.97. The van der Waals surface area contributed by atoms with Crippen molar-refractivity contribution in [1.29, 1.82) is 0 Å². The van der Waals surface area contributed by atoms with Gasteiger partial charge < -0.3 is 5.32 Å². The summed E-state index contributed by atoms with van der Waals surface area (Å²) in [5.74, 6) is -1.17. The summed E-state index contributed by atoms with van der Waals surface area (Å²) in [5, 5.41) is 2.47. The highest BCUT2D eigenvalue weighted by atomic mass is 79.9. The third-order valence-corrected chi connectivity index (χ3v) is 2.23. The van der Waals surface area contributed by atoms with Gasteiger partial charge in [-0.3, -0.25) is 9.59 Å². The van der Waals surface area contributed by atoms with Gasteiger partial charge in [0.15, 0.2) is 5.78 Å². The van der Waals surface area contributed by atoms with E-state index in [2.05, 4.69) is 21.2 Å². The average Bonchev–Trinajstić information content (AvgIpc) is 2.19. The molecular formula is C10H9BrFNO2. The van der Waals surface area contributed by atoms with Crippen LogP contribution in [0.3, 0.4) is 0 Å². The lowest BCUT2D eigenvalue weighted by Crippen LogP contribution is -2.08. The summed E-state index contributed by atoms with van der Waals surface area (Å²) in [7, 11) is 0. The van der Waals surface area contributed by atoms with E-state index in [9.17, 15) is 14.0 Å². The Labute approximate surface area is 94.8 Å². The molecule has 0 fully saturated rings. The molecule has 15 heavy (non-hydrogen) atoms. The number of ketones is 1. The van der Waals surface area contributed by atoms with E-state index in [1.165, 1.54) is 19.1 Å². The van der Waals surface area contributed by atoms with Crippen molar-refractivity contribution in [3.05, 3.63) is 29.6 Å². The SMILES string of the molecule is CC(=O)Nc1ccc(C(=O)CBr)cc1F. The van der Waals surface area contributed by atoms with E-state index in [1.807, 2.05) is 0 Å². The molecule has 0 saturated heterocycles. The topological polar surface area (TPSA) is 46.2 Å². The van der Waals surface area contributed by atoms with Crippen LogP contribution >= 0.6 is 15.9 Å². The number of benzene rings is 1. The predicted octanol–water partition coefficient (Wildman–Crippen LogP) is 2.36. The van der Waals surface area contributed by atoms with Crippen molar-refractivity contribution < 1.29 is 14.0 Å². The van der Waals surface area contributed by atoms with Crippen LogP contribution in [0.15, 0.2) is 18.2 Å². The highest BCUT2D eigenvalue weighted by Crippen LogP contribution is 2.16. The molecule has 0 aliphatic heterocycles. The van der Waals surface area contributed by atoms with Gasteiger partial charge in [0.25, 0.3) is 0 Å². The lowest BCUT2D eigenvalue weighted by Gasteiger charge is -2.04. The van der Waals surface area contributed by atoms with Gasteiger partial charge in [0, 0.05) is 12.5 Å². The summed E-state index contributed by atoms with van der Waals surface area (Å²) in [6, 6.07) is 3.94. The molecule has 80 valence electrons. The van der Waals surface area contributed by atoms with Gasteiger partial charge in [0.05, 0.1) is 11.0 Å². The summed E-state index contributed by atoms with van der Waals surface area (Å²) >= 11 is 2.99. The van der Waals surface area contributed by atoms with Crippen LogP contribution in [0.2, 0.25) is 0 Å². The number of carbonyl (C=O) groups excluding carboxylic acids is 2. The molecule has 1 rings (SSSR count). The molecule has 3 nitrogen and oxygen atoms in total. The minimum Gasteiger partial charge on any atom is -0.324 e. The maximum Gasteiger partial charge on any atom is 0.221 e. The zero-order valence-corrected chi connectivity index (χ0v) is 9.60. The first kappa shape index (κ1) is 11.8. The van der Waals surface area contributed by atoms with Gasteiger partial charge in [0.2, 0.25) is 5.91 Å². The van der Waals surface area contributed by atoms with Crippen LogP contribution in [0.25, 0.3) is 0 Å². The maximum absolute atomic E-state index is 13.3. The Morgan fingerprint density at radius 3 is 2.60 bits per heavy atom. The maximum atomic E-state index is 13.3. The van der Waals surface area contributed by atoms with Crippen molar-refractivity contribution in [2.24, 2.45) is 0 Å². The normalized spacial score (nSPS) is 9.80. The van der Waals surface area contributed by atoms with Crippen LogP contribution in [-0.4, -0.2) is 17.0 Å². The third-order valence-electron chi connectivity index (χ3n) is 1.72. The number of carbonyl (C=O) groups is 2. The summed E-state index contributed by atoms with van der Waals surface area (Å²) in [5.41, 5.74) is 0.354. The van der Waals surface area contributed by atoms with Gasteiger partial charge in [-0.2, -0.15) is 0 Å². The standard InChI is InChI=1S/C10H9BrFNO2/c1-6(14)13-9-3-2-7(4-8(9)12)10(15)5-11/h2-4H,5H2,1H3,(H,13,14). The van der Waals surface area contributed by atoms with E-state index in [4.69, 9.17) is 0 Å². The molecule has 0 spiro atoms. The molecule has 0 radical (unpaired) electrons. The monoisotopic (exact) mass is 273 g/mol. The first-order valence-corrected chi connectivity index (χ1v) is 5.33. The molecule has 0 heterocycles. The van der Waals surface area contributed by atoms with Crippen LogP contribution in [-0.2, 0) is 4.79 Å². The number of rotatable bonds is 3. The van der Waals surface area contributed by atoms with Crippen molar-refractivity contribution in [3.63, 3.8) is 0 Å². The van der Waals surface area contributed by atoms with Crippen LogP contribution in [0.1, 0.15) is 17.3 Å². The van der Waals surface area contributed by atoms with E-state index < -0.39 is 5.82 Å². The molecule has 0 aromatic heterocycles. The Morgan fingerprint density at radius 1 is 1.47 bits per heavy atom. The van der Waals surface area contributed by atoms with Crippen molar-refractivity contribution in [1.82, 2.24) is 0 Å². The van der Waals surface area contributed by atoms with E-state index in [0.717, 1.165) is 6.07 Å².